The number of rotatable bonds is 6. The van der Waals surface area contributed by atoms with Crippen molar-refractivity contribution in [3.8, 4) is 0 Å². The van der Waals surface area contributed by atoms with Crippen LogP contribution in [0, 0.1) is 15.9 Å². The Morgan fingerprint density at radius 2 is 1.84 bits per heavy atom. The zero-order chi connectivity index (χ0) is 18.6. The quantitative estimate of drug-likeness (QED) is 0.481. The molecule has 0 saturated heterocycles. The molecular weight excluding hydrogens is 351 g/mol. The first-order valence-electron chi connectivity index (χ1n) is 7.29. The average Bonchev–Trinajstić information content (AvgIpc) is 3.05. The molecule has 132 valence electrons. The minimum absolute atomic E-state index is 0.0398. The molecule has 0 radical (unpaired) electrons. The summed E-state index contributed by atoms with van der Waals surface area (Å²) >= 11 is 0.674. The van der Waals surface area contributed by atoms with Gasteiger partial charge in [-0.3, -0.25) is 14.9 Å². The Balaban J connectivity index is 1.93. The van der Waals surface area contributed by atoms with E-state index in [4.69, 9.17) is 4.74 Å². The Morgan fingerprint density at radius 3 is 2.40 bits per heavy atom. The lowest BCUT2D eigenvalue weighted by Gasteiger charge is -2.18. The lowest BCUT2D eigenvalue weighted by molar-refractivity contribution is -0.380. The van der Waals surface area contributed by atoms with Crippen molar-refractivity contribution in [2.24, 2.45) is 0 Å². The maximum Gasteiger partial charge on any atom is 0.349 e. The zero-order valence-electron chi connectivity index (χ0n) is 13.4. The van der Waals surface area contributed by atoms with Crippen LogP contribution < -0.4 is 5.32 Å². The second-order valence-electron chi connectivity index (χ2n) is 5.22. The van der Waals surface area contributed by atoms with E-state index in [0.29, 0.717) is 16.9 Å². The van der Waals surface area contributed by atoms with E-state index in [1.165, 1.54) is 31.2 Å². The van der Waals surface area contributed by atoms with E-state index in [1.807, 2.05) is 0 Å². The number of esters is 1. The number of halogens is 1. The van der Waals surface area contributed by atoms with Crippen molar-refractivity contribution in [3.63, 3.8) is 0 Å². The molecule has 0 fully saturated rings. The van der Waals surface area contributed by atoms with Crippen LogP contribution in [0.5, 0.6) is 0 Å². The molecular formula is C16H15FN2O5S. The van der Waals surface area contributed by atoms with Gasteiger partial charge in [-0.25, -0.2) is 9.18 Å². The highest BCUT2D eigenvalue weighted by atomic mass is 32.1. The lowest BCUT2D eigenvalue weighted by atomic mass is 10.1. The number of nitro groups is 1. The van der Waals surface area contributed by atoms with E-state index in [2.05, 4.69) is 5.32 Å². The van der Waals surface area contributed by atoms with Crippen LogP contribution in [0.1, 0.15) is 35.1 Å². The number of thiophene rings is 1. The average molecular weight is 366 g/mol. The Kier molecular flexibility index (Phi) is 5.81. The summed E-state index contributed by atoms with van der Waals surface area (Å²) < 4.78 is 17.9. The molecule has 7 nitrogen and oxygen atoms in total. The molecule has 0 aliphatic heterocycles. The number of hydrogen-bond donors (Lipinski definition) is 1. The number of benzene rings is 1. The van der Waals surface area contributed by atoms with E-state index >= 15 is 0 Å². The Bertz CT molecular complexity index is 790. The summed E-state index contributed by atoms with van der Waals surface area (Å²) in [6, 6.07) is 7.72. The van der Waals surface area contributed by atoms with Crippen molar-refractivity contribution in [2.45, 2.75) is 26.0 Å². The molecule has 2 aromatic rings. The van der Waals surface area contributed by atoms with Crippen molar-refractivity contribution in [1.29, 1.82) is 0 Å². The van der Waals surface area contributed by atoms with Gasteiger partial charge in [0.25, 0.3) is 5.91 Å². The van der Waals surface area contributed by atoms with Gasteiger partial charge in [0.2, 0.25) is 0 Å². The normalized spacial score (nSPS) is 12.9. The largest absolute Gasteiger partial charge is 0.448 e. The molecule has 0 bridgehead atoms. The predicted octanol–water partition coefficient (Wildman–Crippen LogP) is 3.22. The summed E-state index contributed by atoms with van der Waals surface area (Å²) in [5.74, 6) is -1.72. The third-order valence-corrected chi connectivity index (χ3v) is 4.37. The number of nitrogens with zero attached hydrogens (tertiary/aromatic N) is 1. The van der Waals surface area contributed by atoms with Crippen LogP contribution in [0.2, 0.25) is 0 Å². The topological polar surface area (TPSA) is 98.5 Å². The van der Waals surface area contributed by atoms with Crippen molar-refractivity contribution < 1.29 is 23.6 Å². The summed E-state index contributed by atoms with van der Waals surface area (Å²) in [7, 11) is 0. The first-order valence-corrected chi connectivity index (χ1v) is 8.10. The van der Waals surface area contributed by atoms with Gasteiger partial charge in [0.1, 0.15) is 10.7 Å². The van der Waals surface area contributed by atoms with Crippen molar-refractivity contribution in [2.75, 3.05) is 0 Å². The molecule has 9 heteroatoms. The van der Waals surface area contributed by atoms with Crippen LogP contribution in [0.15, 0.2) is 36.4 Å². The van der Waals surface area contributed by atoms with Gasteiger partial charge in [-0.1, -0.05) is 23.5 Å². The van der Waals surface area contributed by atoms with E-state index < -0.39 is 28.9 Å². The number of carbonyl (C=O) groups excluding carboxylic acids is 2. The van der Waals surface area contributed by atoms with Crippen molar-refractivity contribution >= 4 is 28.2 Å². The summed E-state index contributed by atoms with van der Waals surface area (Å²) in [5, 5.41) is 13.1. The third-order valence-electron chi connectivity index (χ3n) is 3.35. The van der Waals surface area contributed by atoms with Crippen LogP contribution in [-0.2, 0) is 9.53 Å². The Labute approximate surface area is 146 Å². The lowest BCUT2D eigenvalue weighted by Crippen LogP contribution is -2.37. The molecule has 1 N–H and O–H groups in total. The first-order chi connectivity index (χ1) is 11.8. The van der Waals surface area contributed by atoms with Gasteiger partial charge in [0, 0.05) is 6.07 Å². The highest BCUT2D eigenvalue weighted by Crippen LogP contribution is 2.24. The number of nitrogens with one attached hydrogen (secondary N) is 1. The van der Waals surface area contributed by atoms with Gasteiger partial charge >= 0.3 is 11.0 Å². The number of carbonyl (C=O) groups is 2. The standard InChI is InChI=1S/C16H15FN2O5S/c1-9(11-3-5-12(17)6-4-11)18-15(20)10(2)24-16(21)13-7-8-14(25-13)19(22)23/h3-10H,1-2H3,(H,18,20)/t9-,10+/m0/s1. The molecule has 0 saturated carbocycles. The van der Waals surface area contributed by atoms with E-state index in [9.17, 15) is 24.1 Å². The molecule has 1 amide bonds. The van der Waals surface area contributed by atoms with Gasteiger partial charge in [0.05, 0.1) is 11.0 Å². The van der Waals surface area contributed by atoms with Gasteiger partial charge in [0.15, 0.2) is 6.10 Å². The fourth-order valence-corrected chi connectivity index (χ4v) is 2.68. The fourth-order valence-electron chi connectivity index (χ4n) is 1.97. The summed E-state index contributed by atoms with van der Waals surface area (Å²) in [4.78, 5) is 34.1. The zero-order valence-corrected chi connectivity index (χ0v) is 14.2. The Hall–Kier alpha value is -2.81. The second-order valence-corrected chi connectivity index (χ2v) is 6.29. The molecule has 1 heterocycles. The SMILES string of the molecule is C[C@H](NC(=O)[C@@H](C)OC(=O)c1ccc([N+](=O)[O-])s1)c1ccc(F)cc1. The maximum atomic E-state index is 12.9. The molecule has 0 aliphatic rings. The number of ether oxygens (including phenoxy) is 1. The van der Waals surface area contributed by atoms with E-state index in [-0.39, 0.29) is 15.7 Å². The van der Waals surface area contributed by atoms with Crippen LogP contribution in [0.3, 0.4) is 0 Å². The van der Waals surface area contributed by atoms with Crippen LogP contribution in [0.4, 0.5) is 9.39 Å². The monoisotopic (exact) mass is 366 g/mol. The Morgan fingerprint density at radius 1 is 1.20 bits per heavy atom. The first kappa shape index (κ1) is 18.5. The molecule has 1 aromatic heterocycles. The molecule has 2 rings (SSSR count). The van der Waals surface area contributed by atoms with Gasteiger partial charge < -0.3 is 10.1 Å². The second kappa shape index (κ2) is 7.84. The molecule has 2 atom stereocenters. The van der Waals surface area contributed by atoms with Gasteiger partial charge in [-0.2, -0.15) is 0 Å². The highest BCUT2D eigenvalue weighted by molar-refractivity contribution is 7.17. The molecule has 1 aromatic carbocycles. The number of hydrogen-bond acceptors (Lipinski definition) is 6. The van der Waals surface area contributed by atoms with Crippen LogP contribution in [0.25, 0.3) is 0 Å². The van der Waals surface area contributed by atoms with Crippen LogP contribution in [-0.4, -0.2) is 22.9 Å². The van der Waals surface area contributed by atoms with Crippen molar-refractivity contribution in [1.82, 2.24) is 5.32 Å². The smallest absolute Gasteiger partial charge is 0.349 e. The van der Waals surface area contributed by atoms with E-state index in [1.54, 1.807) is 19.1 Å². The van der Waals surface area contributed by atoms with Gasteiger partial charge in [-0.15, -0.1) is 0 Å². The summed E-state index contributed by atoms with van der Waals surface area (Å²) in [5.41, 5.74) is 0.696. The minimum atomic E-state index is -1.09. The van der Waals surface area contributed by atoms with Gasteiger partial charge in [-0.05, 0) is 37.6 Å². The molecule has 25 heavy (non-hydrogen) atoms. The molecule has 0 spiro atoms. The fraction of sp³-hybridized carbons (Fsp3) is 0.250. The highest BCUT2D eigenvalue weighted by Gasteiger charge is 2.23. The number of amides is 1. The maximum absolute atomic E-state index is 12.9. The minimum Gasteiger partial charge on any atom is -0.448 e. The summed E-state index contributed by atoms with van der Waals surface area (Å²) in [6.45, 7) is 3.11. The molecule has 0 unspecified atom stereocenters. The predicted molar refractivity (Wildman–Crippen MR) is 88.8 cm³/mol. The summed E-state index contributed by atoms with van der Waals surface area (Å²) in [6.07, 6.45) is -1.09. The van der Waals surface area contributed by atoms with Crippen molar-refractivity contribution in [3.05, 3.63) is 62.8 Å². The van der Waals surface area contributed by atoms with E-state index in [0.717, 1.165) is 0 Å². The van der Waals surface area contributed by atoms with Crippen LogP contribution >= 0.6 is 11.3 Å². The third kappa shape index (κ3) is 4.83. The molecule has 0 aliphatic carbocycles.